The summed E-state index contributed by atoms with van der Waals surface area (Å²) < 4.78 is 13.8. The van der Waals surface area contributed by atoms with Crippen LogP contribution in [0.1, 0.15) is 18.4 Å². The normalized spacial score (nSPS) is 10.2. The Bertz CT molecular complexity index is 218. The van der Waals surface area contributed by atoms with Crippen LogP contribution in [0.5, 0.6) is 0 Å². The maximum atomic E-state index is 12.5. The topological polar surface area (TPSA) is 0 Å². The van der Waals surface area contributed by atoms with E-state index < -0.39 is 0 Å². The van der Waals surface area contributed by atoms with Crippen LogP contribution in [0.3, 0.4) is 0 Å². The van der Waals surface area contributed by atoms with Gasteiger partial charge in [-0.15, -0.1) is 0 Å². The molecule has 0 atom stereocenters. The van der Waals surface area contributed by atoms with Crippen molar-refractivity contribution in [2.75, 3.05) is 0 Å². The van der Waals surface area contributed by atoms with E-state index >= 15 is 0 Å². The third-order valence-electron chi connectivity index (χ3n) is 1.79. The van der Waals surface area contributed by atoms with E-state index in [-0.39, 0.29) is 5.82 Å². The molecule has 0 nitrogen and oxygen atoms in total. The predicted molar refractivity (Wildman–Crippen MR) is 49.9 cm³/mol. The number of rotatable bonds is 4. The minimum atomic E-state index is -0.142. The van der Waals surface area contributed by atoms with Gasteiger partial charge in [0.15, 0.2) is 0 Å². The van der Waals surface area contributed by atoms with E-state index in [0.29, 0.717) is 0 Å². The molecule has 2 radical (unpaired) electrons. The summed E-state index contributed by atoms with van der Waals surface area (Å²) in [6.07, 6.45) is 3.59. The molecule has 0 aliphatic rings. The number of unbranched alkanes of at least 4 members (excludes halogenated alkanes) is 1. The van der Waals surface area contributed by atoms with E-state index in [1.807, 2.05) is 35.2 Å². The van der Waals surface area contributed by atoms with Crippen LogP contribution >= 0.6 is 0 Å². The molecule has 0 N–H and O–H groups in total. The molecule has 1 rings (SSSR count). The molecule has 0 aliphatic carbocycles. The van der Waals surface area contributed by atoms with Crippen LogP contribution < -0.4 is 0 Å². The first-order valence-electron chi connectivity index (χ1n) is 4.18. The number of hydrogen-bond donors (Lipinski definition) is 0. The van der Waals surface area contributed by atoms with Gasteiger partial charge in [0.25, 0.3) is 0 Å². The fourth-order valence-electron chi connectivity index (χ4n) is 1.09. The quantitative estimate of drug-likeness (QED) is 0.584. The Kier molecular flexibility index (Phi) is 4.68. The van der Waals surface area contributed by atoms with Gasteiger partial charge in [-0.05, 0) is 0 Å². The summed E-state index contributed by atoms with van der Waals surface area (Å²) in [6.45, 7) is 0. The van der Waals surface area contributed by atoms with Crippen molar-refractivity contribution in [2.24, 2.45) is 0 Å². The molecule has 0 bridgehead atoms. The van der Waals surface area contributed by atoms with Crippen molar-refractivity contribution in [3.8, 4) is 0 Å². The fourth-order valence-corrected chi connectivity index (χ4v) is 1.73. The molecule has 0 saturated carbocycles. The Morgan fingerprint density at radius 2 is 1.75 bits per heavy atom. The molecule has 0 spiro atoms. The summed E-state index contributed by atoms with van der Waals surface area (Å²) in [5, 5.41) is 0. The van der Waals surface area contributed by atoms with Gasteiger partial charge in [-0.3, -0.25) is 0 Å². The van der Waals surface area contributed by atoms with Gasteiger partial charge in [0, 0.05) is 0 Å². The summed E-state index contributed by atoms with van der Waals surface area (Å²) in [5.41, 5.74) is 1.25. The zero-order chi connectivity index (χ0) is 8.81. The first-order chi connectivity index (χ1) is 5.83. The number of benzene rings is 1. The fraction of sp³-hybridized carbons (Fsp3) is 0.400. The Morgan fingerprint density at radius 1 is 1.08 bits per heavy atom. The van der Waals surface area contributed by atoms with Crippen LogP contribution in [-0.2, 0) is 6.42 Å². The number of aryl methyl sites for hydroxylation is 1. The van der Waals surface area contributed by atoms with E-state index in [2.05, 4.69) is 0 Å². The van der Waals surface area contributed by atoms with Crippen molar-refractivity contribution in [3.05, 3.63) is 35.6 Å². The molecule has 64 valence electrons. The molecule has 0 unspecified atom stereocenters. The van der Waals surface area contributed by atoms with Gasteiger partial charge in [0.2, 0.25) is 0 Å². The maximum absolute atomic E-state index is 12.5. The predicted octanol–water partition coefficient (Wildman–Crippen LogP) is 2.74. The zero-order valence-electron chi connectivity index (χ0n) is 6.96. The second-order valence-electron chi connectivity index (χ2n) is 2.81. The summed E-state index contributed by atoms with van der Waals surface area (Å²) in [5.74, 6) is -0.142. The zero-order valence-corrected chi connectivity index (χ0v) is 9.52. The van der Waals surface area contributed by atoms with Gasteiger partial charge >= 0.3 is 86.7 Å². The van der Waals surface area contributed by atoms with Gasteiger partial charge in [0.1, 0.15) is 0 Å². The van der Waals surface area contributed by atoms with Gasteiger partial charge in [0.05, 0.1) is 0 Å². The van der Waals surface area contributed by atoms with Crippen molar-refractivity contribution < 1.29 is 4.39 Å². The van der Waals surface area contributed by atoms with Gasteiger partial charge < -0.3 is 0 Å². The second kappa shape index (κ2) is 5.59. The second-order valence-corrected chi connectivity index (χ2v) is 4.08. The third-order valence-corrected chi connectivity index (χ3v) is 2.69. The van der Waals surface area contributed by atoms with Gasteiger partial charge in [-0.2, -0.15) is 0 Å². The van der Waals surface area contributed by atoms with Crippen LogP contribution in [0, 0.1) is 5.82 Å². The van der Waals surface area contributed by atoms with Crippen LogP contribution in [-0.4, -0.2) is 23.0 Å². The Morgan fingerprint density at radius 3 is 2.33 bits per heavy atom. The molecular weight excluding hydrogens is 261 g/mol. The Hall–Kier alpha value is -0.0318. The molecule has 2 heteroatoms. The SMILES string of the molecule is Fc1ccc(CCC[CH2][Sb])cc1. The molecule has 0 saturated heterocycles. The molecule has 0 aliphatic heterocycles. The molecule has 0 fully saturated rings. The summed E-state index contributed by atoms with van der Waals surface area (Å²) in [7, 11) is 0. The number of halogens is 1. The van der Waals surface area contributed by atoms with E-state index in [0.717, 1.165) is 6.42 Å². The Labute approximate surface area is 86.7 Å². The number of hydrogen-bond acceptors (Lipinski definition) is 0. The average molecular weight is 273 g/mol. The van der Waals surface area contributed by atoms with Crippen molar-refractivity contribution in [2.45, 2.75) is 23.6 Å². The Balaban J connectivity index is 2.37. The molecular formula is C10H12FSb. The van der Waals surface area contributed by atoms with Gasteiger partial charge in [-0.25, -0.2) is 0 Å². The van der Waals surface area contributed by atoms with E-state index in [1.54, 1.807) is 0 Å². The molecule has 0 aromatic heterocycles. The molecule has 0 amide bonds. The van der Waals surface area contributed by atoms with Gasteiger partial charge in [-0.1, -0.05) is 0 Å². The van der Waals surface area contributed by atoms with Crippen LogP contribution in [0.15, 0.2) is 24.3 Å². The molecule has 1 aromatic carbocycles. The monoisotopic (exact) mass is 272 g/mol. The molecule has 1 aromatic rings. The van der Waals surface area contributed by atoms with Crippen molar-refractivity contribution in [1.82, 2.24) is 0 Å². The van der Waals surface area contributed by atoms with Crippen LogP contribution in [0.4, 0.5) is 4.39 Å². The first-order valence-corrected chi connectivity index (χ1v) is 5.99. The van der Waals surface area contributed by atoms with Crippen molar-refractivity contribution in [3.63, 3.8) is 0 Å². The minimum absolute atomic E-state index is 0.142. The van der Waals surface area contributed by atoms with Crippen LogP contribution in [0.25, 0.3) is 0 Å². The third kappa shape index (κ3) is 3.58. The van der Waals surface area contributed by atoms with Crippen molar-refractivity contribution >= 4 is 23.0 Å². The molecule has 12 heavy (non-hydrogen) atoms. The summed E-state index contributed by atoms with van der Waals surface area (Å²) in [4.78, 5) is 0. The summed E-state index contributed by atoms with van der Waals surface area (Å²) in [6, 6.07) is 6.80. The van der Waals surface area contributed by atoms with E-state index in [4.69, 9.17) is 0 Å². The van der Waals surface area contributed by atoms with Crippen LogP contribution in [0.2, 0.25) is 4.37 Å². The average Bonchev–Trinajstić information content (AvgIpc) is 2.09. The van der Waals surface area contributed by atoms with E-state index in [9.17, 15) is 4.39 Å². The molecule has 0 heterocycles. The van der Waals surface area contributed by atoms with Crippen molar-refractivity contribution in [1.29, 1.82) is 0 Å². The standard InChI is InChI=1S/C10H12F.Sb/c1-2-3-4-9-5-7-10(11)8-6-9;/h5-8H,1-4H2;. The van der Waals surface area contributed by atoms with E-state index in [1.165, 1.54) is 34.9 Å². The summed E-state index contributed by atoms with van der Waals surface area (Å²) >= 11 is 1.87. The first kappa shape index (κ1) is 10.1.